The van der Waals surface area contributed by atoms with Gasteiger partial charge in [-0.3, -0.25) is 0 Å². The lowest BCUT2D eigenvalue weighted by Gasteiger charge is -2.32. The maximum atomic E-state index is 17.6. The summed E-state index contributed by atoms with van der Waals surface area (Å²) >= 11 is 0. The first-order valence-electron chi connectivity index (χ1n) is 24.5. The predicted octanol–water partition coefficient (Wildman–Crippen LogP) is 19.7. The van der Waals surface area contributed by atoms with Crippen LogP contribution in [-0.4, -0.2) is 0 Å². The number of rotatable bonds is 10. The highest BCUT2D eigenvalue weighted by molar-refractivity contribution is 6.28. The summed E-state index contributed by atoms with van der Waals surface area (Å²) in [5.41, 5.74) is 16.0. The van der Waals surface area contributed by atoms with Crippen LogP contribution in [0.3, 0.4) is 0 Å². The number of hydrogen-bond donors (Lipinski definition) is 0. The molecule has 12 aromatic rings. The molecule has 0 saturated heterocycles. The Kier molecular flexibility index (Phi) is 11.2. The van der Waals surface area contributed by atoms with Crippen molar-refractivity contribution in [1.82, 2.24) is 0 Å². The first-order valence-corrected chi connectivity index (χ1v) is 24.5. The fourth-order valence-electron chi connectivity index (χ4n) is 11.0. The Morgan fingerprint density at radius 3 is 1.03 bits per heavy atom. The second kappa shape index (κ2) is 18.1. The molecule has 0 aromatic heterocycles. The highest BCUT2D eigenvalue weighted by Crippen LogP contribution is 2.53. The van der Waals surface area contributed by atoms with Gasteiger partial charge in [-0.1, -0.05) is 204 Å². The topological polar surface area (TPSA) is 6.48 Å². The molecule has 0 fully saturated rings. The molecule has 0 spiro atoms. The molecule has 0 saturated carbocycles. The zero-order valence-electron chi connectivity index (χ0n) is 40.6. The fourth-order valence-corrected chi connectivity index (χ4v) is 11.0. The molecule has 2 nitrogen and oxygen atoms in total. The summed E-state index contributed by atoms with van der Waals surface area (Å²) in [5, 5.41) is 6.09. The van der Waals surface area contributed by atoms with E-state index < -0.39 is 0 Å². The molecule has 0 aliphatic rings. The van der Waals surface area contributed by atoms with Crippen LogP contribution in [0.25, 0.3) is 76.8 Å². The maximum Gasteiger partial charge on any atom is 0.147 e. The third-order valence-electron chi connectivity index (χ3n) is 14.1. The van der Waals surface area contributed by atoms with Crippen LogP contribution < -0.4 is 9.80 Å². The third kappa shape index (κ3) is 7.73. The predicted molar refractivity (Wildman–Crippen MR) is 300 cm³/mol. The van der Waals surface area contributed by atoms with Gasteiger partial charge in [-0.15, -0.1) is 0 Å². The third-order valence-corrected chi connectivity index (χ3v) is 14.1. The van der Waals surface area contributed by atoms with Crippen molar-refractivity contribution in [3.8, 4) is 44.5 Å². The van der Waals surface area contributed by atoms with Crippen LogP contribution in [0.2, 0.25) is 0 Å². The first-order chi connectivity index (χ1) is 35.2. The minimum Gasteiger partial charge on any atom is -0.307 e. The van der Waals surface area contributed by atoms with Gasteiger partial charge >= 0.3 is 0 Å². The number of benzene rings is 12. The average molecular weight is 933 g/mol. The number of anilines is 6. The van der Waals surface area contributed by atoms with Crippen molar-refractivity contribution in [3.05, 3.63) is 264 Å². The monoisotopic (exact) mass is 932 g/mol. The molecule has 4 heteroatoms. The van der Waals surface area contributed by atoms with E-state index in [0.29, 0.717) is 11.4 Å². The van der Waals surface area contributed by atoms with E-state index in [-0.39, 0.29) is 11.6 Å². The van der Waals surface area contributed by atoms with Gasteiger partial charge in [0.2, 0.25) is 0 Å². The zero-order valence-corrected chi connectivity index (χ0v) is 40.6. The molecule has 0 heterocycles. The van der Waals surface area contributed by atoms with Gasteiger partial charge in [0.15, 0.2) is 0 Å². The van der Waals surface area contributed by atoms with Crippen LogP contribution in [0, 0.1) is 39.3 Å². The molecule has 0 N–H and O–H groups in total. The Morgan fingerprint density at radius 2 is 0.653 bits per heavy atom. The molecule has 0 amide bonds. The van der Waals surface area contributed by atoms with Crippen LogP contribution in [-0.2, 0) is 0 Å². The quantitative estimate of drug-likeness (QED) is 0.126. The summed E-state index contributed by atoms with van der Waals surface area (Å²) in [6.45, 7) is 8.34. The van der Waals surface area contributed by atoms with Gasteiger partial charge in [-0.2, -0.15) is 0 Å². The Labute approximate surface area is 419 Å². The lowest BCUT2D eigenvalue weighted by molar-refractivity contribution is 0.629. The molecule has 72 heavy (non-hydrogen) atoms. The number of halogens is 2. The lowest BCUT2D eigenvalue weighted by Crippen LogP contribution is -2.15. The SMILES string of the molecule is Cc1cccc(-c2ccc(F)c(N(c3ccccc3)c3ccc4ccc5c(N(c6ccccc6)c6c(F)ccc(-c7cccc(C)c7)c6-c6cccc(C)c6)ccc6ccc3c4c65)c2-c2cccc(C)c2)c1. The maximum absolute atomic E-state index is 17.6. The minimum absolute atomic E-state index is 0.336. The molecular formula is C68H50F2N2. The van der Waals surface area contributed by atoms with Crippen molar-refractivity contribution in [1.29, 1.82) is 0 Å². The largest absolute Gasteiger partial charge is 0.307 e. The number of hydrogen-bond acceptors (Lipinski definition) is 2. The van der Waals surface area contributed by atoms with E-state index in [1.807, 2.05) is 60.7 Å². The van der Waals surface area contributed by atoms with E-state index in [1.165, 1.54) is 0 Å². The molecule has 0 unspecified atom stereocenters. The second-order valence-corrected chi connectivity index (χ2v) is 19.0. The van der Waals surface area contributed by atoms with Crippen LogP contribution in [0.4, 0.5) is 42.9 Å². The van der Waals surface area contributed by atoms with Crippen molar-refractivity contribution in [2.24, 2.45) is 0 Å². The molecule has 346 valence electrons. The molecule has 12 aromatic carbocycles. The zero-order chi connectivity index (χ0) is 49.0. The molecule has 0 atom stereocenters. The van der Waals surface area contributed by atoms with Gasteiger partial charge in [-0.25, -0.2) is 8.78 Å². The number of nitrogens with zero attached hydrogens (tertiary/aromatic N) is 2. The Bertz CT molecular complexity index is 3750. The van der Waals surface area contributed by atoms with Gasteiger partial charge in [-0.05, 0) is 131 Å². The van der Waals surface area contributed by atoms with E-state index in [0.717, 1.165) is 122 Å². The van der Waals surface area contributed by atoms with E-state index in [4.69, 9.17) is 0 Å². The highest BCUT2D eigenvalue weighted by atomic mass is 19.1. The Balaban J connectivity index is 1.15. The highest BCUT2D eigenvalue weighted by Gasteiger charge is 2.29. The van der Waals surface area contributed by atoms with Crippen LogP contribution >= 0.6 is 0 Å². The van der Waals surface area contributed by atoms with E-state index >= 15 is 8.78 Å². The van der Waals surface area contributed by atoms with Gasteiger partial charge in [0, 0.05) is 33.3 Å². The molecule has 0 radical (unpaired) electrons. The summed E-state index contributed by atoms with van der Waals surface area (Å²) in [4.78, 5) is 4.21. The smallest absolute Gasteiger partial charge is 0.147 e. The van der Waals surface area contributed by atoms with Gasteiger partial charge in [0.25, 0.3) is 0 Å². The van der Waals surface area contributed by atoms with E-state index in [2.05, 4.69) is 195 Å². The number of para-hydroxylation sites is 2. The van der Waals surface area contributed by atoms with Crippen LogP contribution in [0.1, 0.15) is 22.3 Å². The summed E-state index contributed by atoms with van der Waals surface area (Å²) in [7, 11) is 0. The Hall–Kier alpha value is -8.86. The minimum atomic E-state index is -0.336. The second-order valence-electron chi connectivity index (χ2n) is 19.0. The van der Waals surface area contributed by atoms with E-state index in [1.54, 1.807) is 12.1 Å². The fraction of sp³-hybridized carbons (Fsp3) is 0.0588. The summed E-state index contributed by atoms with van der Waals surface area (Å²) in [6, 6.07) is 78.2. The first kappa shape index (κ1) is 44.4. The van der Waals surface area contributed by atoms with Gasteiger partial charge in [0.1, 0.15) is 11.6 Å². The normalized spacial score (nSPS) is 11.5. The molecule has 0 bridgehead atoms. The van der Waals surface area contributed by atoms with Crippen molar-refractivity contribution < 1.29 is 8.78 Å². The molecule has 12 rings (SSSR count). The Morgan fingerprint density at radius 1 is 0.306 bits per heavy atom. The average Bonchev–Trinajstić information content (AvgIpc) is 3.40. The van der Waals surface area contributed by atoms with Crippen molar-refractivity contribution in [2.45, 2.75) is 27.7 Å². The van der Waals surface area contributed by atoms with E-state index in [9.17, 15) is 0 Å². The van der Waals surface area contributed by atoms with Crippen molar-refractivity contribution in [3.63, 3.8) is 0 Å². The summed E-state index contributed by atoms with van der Waals surface area (Å²) in [5.74, 6) is -0.671. The molecular weight excluding hydrogens is 883 g/mol. The lowest BCUT2D eigenvalue weighted by atomic mass is 9.89. The van der Waals surface area contributed by atoms with Gasteiger partial charge < -0.3 is 9.80 Å². The molecule has 0 aliphatic carbocycles. The summed E-state index contributed by atoms with van der Waals surface area (Å²) < 4.78 is 35.2. The van der Waals surface area contributed by atoms with Crippen molar-refractivity contribution in [2.75, 3.05) is 9.80 Å². The van der Waals surface area contributed by atoms with Crippen LogP contribution in [0.15, 0.2) is 231 Å². The summed E-state index contributed by atoms with van der Waals surface area (Å²) in [6.07, 6.45) is 0. The standard InChI is InChI=1S/C68H50F2N2/c1-43-15-11-19-49(39-43)55-33-35-59(69)67(65(55)51-21-13-17-45(3)41-51)71(53-23-7-5-8-24-53)61-37-29-47-28-32-58-62(38-30-48-27-31-57(61)63(47)64(48)58)72(54-25-9-6-10-26-54)68-60(70)36-34-56(50-20-12-16-44(2)40-50)66(68)52-22-14-18-46(4)42-52/h5-42H,1-4H3. The number of aryl methyl sites for hydroxylation is 4. The van der Waals surface area contributed by atoms with Gasteiger partial charge in [0.05, 0.1) is 22.7 Å². The molecule has 0 aliphatic heterocycles. The van der Waals surface area contributed by atoms with Crippen molar-refractivity contribution >= 4 is 66.4 Å². The van der Waals surface area contributed by atoms with Crippen LogP contribution in [0.5, 0.6) is 0 Å².